The zero-order valence-electron chi connectivity index (χ0n) is 39.4. The van der Waals surface area contributed by atoms with E-state index >= 15 is 0 Å². The molecule has 5 aromatic rings. The number of nitrogen functional groups attached to an aromatic ring is 3. The van der Waals surface area contributed by atoms with Crippen molar-refractivity contribution >= 4 is 111 Å². The van der Waals surface area contributed by atoms with Gasteiger partial charge in [-0.15, -0.1) is 10.1 Å². The van der Waals surface area contributed by atoms with Gasteiger partial charge in [0.15, 0.2) is 5.43 Å². The SMILES string of the molecule is C.C.C.C.CCOC(C)=O.ClP(Cl)(Cl)(Cl)Cl.N.Nc1cc(C(F)(F)F)ncc1[N+](=O)[O-].Nc1cnc(C(F)(F)F)cc1N.O=[N+]([O-])O.O=[N+]([O-])c1cnc(C(F)(F)F)cc1Cl.O=c1cc(C(F)(F)F)[nH]cc1[N+](=O)[O-].O=c1cc[nH]c(C(F)(F)F)c1. The van der Waals surface area contributed by atoms with Crippen LogP contribution in [0.1, 0.15) is 72.0 Å². The largest absolute Gasteiger partial charge is 0.433 e. The molecule has 5 heterocycles. The minimum atomic E-state index is -4.71. The maximum Gasteiger partial charge on any atom is 0.433 e. The fraction of sp³-hybridized carbons (Fsp3) is 0.316. The Hall–Kier alpha value is -7.30. The van der Waals surface area contributed by atoms with Crippen molar-refractivity contribution in [3.63, 3.8) is 0 Å². The summed E-state index contributed by atoms with van der Waals surface area (Å²) in [6, 6.07) is 3.24. The third-order valence-electron chi connectivity index (χ3n) is 6.80. The number of carbonyl (C=O) groups excluding carboxylic acids is 1. The number of nitrogens with two attached hydrogens (primary N) is 3. The number of ether oxygens (including phenoxy) is 1. The standard InChI is InChI=1S/C6H2ClF3N2O2.C6H4F3N3O2.C6H6F3N3.C6H3F3N2O3.C6H4F3NO.C4H8O2.4CH4.Cl5P.HNO3.H3N/c7-3-1-5(6(8,9)10)11-2-4(3)12(13)14;7-6(8,9)5-1-3(10)4(2-11-5)12(13)14;7-6(8,9)5-1-3(10)4(11)2-12-5;7-6(8,9)5-1-4(12)3(2-10-5)11(13)14;7-6(8,9)5-3-4(11)1-2-10-5;1-3-6-4(2)5;;;;;1-6(2,3,4)5;2-1(3)4;/h1-2H;1-2H,(H2,10,11);1-2H,11H2,(H2,10,12);1-2H,(H,10,12);1-3H,(H,10,11);3H2,1-2H3;4*1H4;;(H,2,3,4);1H3. The number of nitrogens with zero attached hydrogens (tertiary/aromatic N) is 7. The number of esters is 1. The van der Waals surface area contributed by atoms with Crippen LogP contribution in [0.15, 0.2) is 77.0 Å². The van der Waals surface area contributed by atoms with Gasteiger partial charge in [-0.05, 0) is 25.1 Å². The van der Waals surface area contributed by atoms with E-state index in [0.29, 0.717) is 49.5 Å². The molecule has 0 spiro atoms. The summed E-state index contributed by atoms with van der Waals surface area (Å²) in [5.41, 5.74) is 4.72. The molecular weight excluding hydrogens is 1380 g/mol. The first kappa shape index (κ1) is 95.1. The number of rotatable bonds is 4. The van der Waals surface area contributed by atoms with Crippen LogP contribution in [-0.2, 0) is 40.4 Å². The monoisotopic (exact) mass is 1420 g/mol. The van der Waals surface area contributed by atoms with Crippen LogP contribution in [0.25, 0.3) is 0 Å². The molecule has 0 aromatic carbocycles. The Morgan fingerprint density at radius 3 is 1.19 bits per heavy atom. The van der Waals surface area contributed by atoms with Crippen molar-refractivity contribution < 1.29 is 100 Å². The van der Waals surface area contributed by atoms with Crippen LogP contribution in [0, 0.1) is 40.5 Å². The molecule has 86 heavy (non-hydrogen) atoms. The summed E-state index contributed by atoms with van der Waals surface area (Å²) in [4.78, 5) is 79.4. The number of halogens is 21. The Morgan fingerprint density at radius 2 is 0.930 bits per heavy atom. The summed E-state index contributed by atoms with van der Waals surface area (Å²) in [6.45, 7) is 3.65. The molecule has 494 valence electrons. The Balaban J connectivity index is -0.000000137. The number of pyridine rings is 5. The van der Waals surface area contributed by atoms with Crippen LogP contribution in [0.2, 0.25) is 5.02 Å². The fourth-order valence-electron chi connectivity index (χ4n) is 3.70. The molecule has 0 bridgehead atoms. The maximum absolute atomic E-state index is 12.0. The van der Waals surface area contributed by atoms with Crippen LogP contribution >= 0.6 is 71.2 Å². The van der Waals surface area contributed by atoms with Crippen LogP contribution < -0.4 is 34.2 Å². The number of hydrogen-bond donors (Lipinski definition) is 7. The second kappa shape index (κ2) is 39.4. The molecule has 5 rings (SSSR count). The van der Waals surface area contributed by atoms with Gasteiger partial charge < -0.3 is 43.3 Å². The Labute approximate surface area is 501 Å². The van der Waals surface area contributed by atoms with Gasteiger partial charge in [-0.1, -0.05) is 41.3 Å². The Bertz CT molecular complexity index is 2970. The van der Waals surface area contributed by atoms with Gasteiger partial charge >= 0.3 is 113 Å². The van der Waals surface area contributed by atoms with E-state index < -0.39 is 121 Å². The summed E-state index contributed by atoms with van der Waals surface area (Å²) in [5, 5.41) is 43.5. The van der Waals surface area contributed by atoms with Gasteiger partial charge in [0.1, 0.15) is 51.6 Å². The van der Waals surface area contributed by atoms with Crippen molar-refractivity contribution in [2.75, 3.05) is 23.8 Å². The predicted molar refractivity (Wildman–Crippen MR) is 289 cm³/mol. The molecule has 0 saturated carbocycles. The molecule has 0 fully saturated rings. The number of aromatic amines is 2. The van der Waals surface area contributed by atoms with Gasteiger partial charge in [0.2, 0.25) is 0 Å². The van der Waals surface area contributed by atoms with Crippen LogP contribution in [0.3, 0.4) is 0 Å². The second-order valence-electron chi connectivity index (χ2n) is 12.9. The first-order valence-electron chi connectivity index (χ1n) is 18.8. The zero-order chi connectivity index (χ0) is 64.6. The van der Waals surface area contributed by atoms with E-state index in [9.17, 15) is 111 Å². The van der Waals surface area contributed by atoms with Crippen molar-refractivity contribution in [3.05, 3.63) is 162 Å². The molecule has 26 nitrogen and oxygen atoms in total. The first-order chi connectivity index (χ1) is 36.1. The van der Waals surface area contributed by atoms with Gasteiger partial charge in [-0.25, -0.2) is 15.0 Å². The molecule has 0 aliphatic carbocycles. The first-order valence-corrected chi connectivity index (χ1v) is 26.0. The summed E-state index contributed by atoms with van der Waals surface area (Å²) < 4.78 is 180. The zero-order valence-corrected chi connectivity index (χ0v) is 44.8. The van der Waals surface area contributed by atoms with Gasteiger partial charge in [0, 0.05) is 31.3 Å². The molecule has 0 unspecified atom stereocenters. The molecule has 48 heteroatoms. The quantitative estimate of drug-likeness (QED) is 0.0289. The molecule has 5 aromatic heterocycles. The molecule has 0 radical (unpaired) electrons. The number of nitrogens with one attached hydrogen (secondary N) is 2. The minimum absolute atomic E-state index is 0. The van der Waals surface area contributed by atoms with Crippen LogP contribution in [0.5, 0.6) is 0 Å². The van der Waals surface area contributed by atoms with Crippen LogP contribution in [-0.4, -0.2) is 62.6 Å². The second-order valence-corrected chi connectivity index (χ2v) is 30.0. The Morgan fingerprint density at radius 1 is 0.593 bits per heavy atom. The normalized spacial score (nSPS) is 10.8. The van der Waals surface area contributed by atoms with E-state index in [1.807, 2.05) is 4.98 Å². The predicted octanol–water partition coefficient (Wildman–Crippen LogP) is 15.4. The van der Waals surface area contributed by atoms with Gasteiger partial charge in [-0.3, -0.25) is 44.7 Å². The Kier molecular flexibility index (Phi) is 43.6. The average Bonchev–Trinajstić information content (AvgIpc) is 3.25. The molecule has 0 amide bonds. The molecule has 12 N–H and O–H groups in total. The van der Waals surface area contributed by atoms with Crippen molar-refractivity contribution in [1.29, 1.82) is 0 Å². The topological polar surface area (TPSA) is 437 Å². The average molecular weight is 1420 g/mol. The van der Waals surface area contributed by atoms with E-state index in [1.165, 1.54) is 6.92 Å². The number of aromatic nitrogens is 5. The van der Waals surface area contributed by atoms with Gasteiger partial charge in [-0.2, -0.15) is 65.9 Å². The van der Waals surface area contributed by atoms with E-state index in [-0.39, 0.29) is 59.3 Å². The van der Waals surface area contributed by atoms with Crippen molar-refractivity contribution in [1.82, 2.24) is 31.1 Å². The summed E-state index contributed by atoms with van der Waals surface area (Å²) in [7, 11) is 0. The smallest absolute Gasteiger partial charge is 0.397 e. The summed E-state index contributed by atoms with van der Waals surface area (Å²) in [5.74, 6) is -0.211. The van der Waals surface area contributed by atoms with Crippen molar-refractivity contribution in [2.45, 2.75) is 74.4 Å². The van der Waals surface area contributed by atoms with Crippen molar-refractivity contribution in [2.24, 2.45) is 0 Å². The molecular formula is C38H47Cl6F15N13O13P. The van der Waals surface area contributed by atoms with E-state index in [0.717, 1.165) is 18.5 Å². The third-order valence-corrected chi connectivity index (χ3v) is 7.10. The fourth-order valence-corrected chi connectivity index (χ4v) is 3.92. The number of H-pyrrole nitrogens is 2. The number of alkyl halides is 15. The number of nitro groups is 3. The summed E-state index contributed by atoms with van der Waals surface area (Å²) in [6.07, 6.45) is -19.7. The number of anilines is 3. The van der Waals surface area contributed by atoms with Gasteiger partial charge in [0.25, 0.3) is 10.5 Å². The van der Waals surface area contributed by atoms with Crippen LogP contribution in [0.4, 0.5) is 100.0 Å². The minimum Gasteiger partial charge on any atom is -0.397 e. The summed E-state index contributed by atoms with van der Waals surface area (Å²) >= 11 is 30.1. The molecule has 0 atom stereocenters. The van der Waals surface area contributed by atoms with E-state index in [4.69, 9.17) is 100 Å². The van der Waals surface area contributed by atoms with Crippen molar-refractivity contribution in [3.8, 4) is 0 Å². The number of carbonyl (C=O) groups is 1. The maximum atomic E-state index is 12.0. The van der Waals surface area contributed by atoms with E-state index in [1.54, 1.807) is 11.9 Å². The molecule has 0 aliphatic rings. The third kappa shape index (κ3) is 44.2. The number of hydrogen-bond acceptors (Lipinski definition) is 19. The molecule has 0 aliphatic heterocycles. The van der Waals surface area contributed by atoms with Gasteiger partial charge in [0.05, 0.1) is 45.1 Å². The molecule has 0 saturated heterocycles. The van der Waals surface area contributed by atoms with E-state index in [2.05, 4.69) is 19.7 Å².